The summed E-state index contributed by atoms with van der Waals surface area (Å²) < 4.78 is 0. The molecule has 0 aliphatic heterocycles. The SMILES string of the molecule is CC(N)CCC(=O)NC(C)c1cccs1.Cl. The van der Waals surface area contributed by atoms with Crippen molar-refractivity contribution in [2.24, 2.45) is 5.73 Å². The number of amides is 1. The van der Waals surface area contributed by atoms with E-state index in [1.165, 1.54) is 4.88 Å². The van der Waals surface area contributed by atoms with Crippen molar-refractivity contribution in [1.82, 2.24) is 5.32 Å². The second-order valence-electron chi connectivity index (χ2n) is 3.82. The van der Waals surface area contributed by atoms with Crippen LogP contribution in [0.25, 0.3) is 0 Å². The lowest BCUT2D eigenvalue weighted by molar-refractivity contribution is -0.121. The highest BCUT2D eigenvalue weighted by atomic mass is 35.5. The number of carbonyl (C=O) groups excluding carboxylic acids is 1. The summed E-state index contributed by atoms with van der Waals surface area (Å²) >= 11 is 1.66. The Hall–Kier alpha value is -0.580. The Morgan fingerprint density at radius 2 is 2.25 bits per heavy atom. The van der Waals surface area contributed by atoms with E-state index in [1.807, 2.05) is 31.4 Å². The van der Waals surface area contributed by atoms with Crippen LogP contribution < -0.4 is 11.1 Å². The quantitative estimate of drug-likeness (QED) is 0.857. The zero-order valence-electron chi connectivity index (χ0n) is 9.60. The number of hydrogen-bond acceptors (Lipinski definition) is 3. The van der Waals surface area contributed by atoms with E-state index in [-0.39, 0.29) is 30.4 Å². The lowest BCUT2D eigenvalue weighted by Crippen LogP contribution is -2.27. The van der Waals surface area contributed by atoms with Gasteiger partial charge in [-0.1, -0.05) is 6.07 Å². The van der Waals surface area contributed by atoms with Crippen molar-refractivity contribution in [1.29, 1.82) is 0 Å². The molecule has 2 atom stereocenters. The van der Waals surface area contributed by atoms with E-state index in [9.17, 15) is 4.79 Å². The maximum Gasteiger partial charge on any atom is 0.220 e. The smallest absolute Gasteiger partial charge is 0.220 e. The highest BCUT2D eigenvalue weighted by molar-refractivity contribution is 7.10. The van der Waals surface area contributed by atoms with E-state index in [0.717, 1.165) is 6.42 Å². The molecule has 0 aliphatic rings. The van der Waals surface area contributed by atoms with Crippen molar-refractivity contribution in [3.63, 3.8) is 0 Å². The number of halogens is 1. The van der Waals surface area contributed by atoms with Gasteiger partial charge in [-0.15, -0.1) is 23.7 Å². The minimum absolute atomic E-state index is 0. The Morgan fingerprint density at radius 1 is 1.56 bits per heavy atom. The molecular formula is C11H19ClN2OS. The molecule has 16 heavy (non-hydrogen) atoms. The number of hydrogen-bond donors (Lipinski definition) is 2. The molecule has 3 N–H and O–H groups in total. The fraction of sp³-hybridized carbons (Fsp3) is 0.545. The zero-order valence-corrected chi connectivity index (χ0v) is 11.2. The van der Waals surface area contributed by atoms with E-state index in [0.29, 0.717) is 6.42 Å². The average Bonchev–Trinajstić information content (AvgIpc) is 2.67. The summed E-state index contributed by atoms with van der Waals surface area (Å²) in [6, 6.07) is 4.21. The van der Waals surface area contributed by atoms with E-state index < -0.39 is 0 Å². The molecule has 0 saturated carbocycles. The van der Waals surface area contributed by atoms with Crippen molar-refractivity contribution < 1.29 is 4.79 Å². The summed E-state index contributed by atoms with van der Waals surface area (Å²) in [6.07, 6.45) is 1.25. The highest BCUT2D eigenvalue weighted by Crippen LogP contribution is 2.18. The summed E-state index contributed by atoms with van der Waals surface area (Å²) in [5.74, 6) is 0.0770. The predicted molar refractivity (Wildman–Crippen MR) is 71.0 cm³/mol. The van der Waals surface area contributed by atoms with E-state index in [2.05, 4.69) is 5.32 Å². The molecule has 0 bridgehead atoms. The largest absolute Gasteiger partial charge is 0.349 e. The molecule has 0 saturated heterocycles. The van der Waals surface area contributed by atoms with Crippen LogP contribution in [0.3, 0.4) is 0 Å². The van der Waals surface area contributed by atoms with Gasteiger partial charge < -0.3 is 11.1 Å². The molecule has 0 spiro atoms. The molecule has 0 aliphatic carbocycles. The summed E-state index contributed by atoms with van der Waals surface area (Å²) in [6.45, 7) is 3.91. The minimum atomic E-state index is 0. The molecule has 3 nitrogen and oxygen atoms in total. The molecule has 1 heterocycles. The molecule has 2 unspecified atom stereocenters. The topological polar surface area (TPSA) is 55.1 Å². The van der Waals surface area contributed by atoms with Gasteiger partial charge in [-0.25, -0.2) is 0 Å². The molecule has 0 aromatic carbocycles. The normalized spacial score (nSPS) is 13.7. The van der Waals surface area contributed by atoms with Crippen LogP contribution in [0.4, 0.5) is 0 Å². The average molecular weight is 263 g/mol. The Morgan fingerprint density at radius 3 is 2.75 bits per heavy atom. The van der Waals surface area contributed by atoms with Gasteiger partial charge in [-0.05, 0) is 31.7 Å². The van der Waals surface area contributed by atoms with Gasteiger partial charge in [0, 0.05) is 17.3 Å². The van der Waals surface area contributed by atoms with Crippen LogP contribution in [-0.4, -0.2) is 11.9 Å². The molecule has 0 fully saturated rings. The van der Waals surface area contributed by atoms with Crippen molar-refractivity contribution in [2.75, 3.05) is 0 Å². The number of nitrogens with two attached hydrogens (primary N) is 1. The minimum Gasteiger partial charge on any atom is -0.349 e. The maximum atomic E-state index is 11.5. The van der Waals surface area contributed by atoms with Gasteiger partial charge in [0.15, 0.2) is 0 Å². The standard InChI is InChI=1S/C11H18N2OS.ClH/c1-8(12)5-6-11(14)13-9(2)10-4-3-7-15-10;/h3-4,7-9H,5-6,12H2,1-2H3,(H,13,14);1H. The van der Waals surface area contributed by atoms with Crippen molar-refractivity contribution in [2.45, 2.75) is 38.8 Å². The first kappa shape index (κ1) is 15.4. The Labute approximate surface area is 107 Å². The van der Waals surface area contributed by atoms with Crippen LogP contribution in [0.1, 0.15) is 37.6 Å². The molecule has 5 heteroatoms. The third kappa shape index (κ3) is 5.49. The monoisotopic (exact) mass is 262 g/mol. The summed E-state index contributed by atoms with van der Waals surface area (Å²) in [5.41, 5.74) is 5.59. The first-order valence-electron chi connectivity index (χ1n) is 5.18. The van der Waals surface area contributed by atoms with Crippen LogP contribution in [0.5, 0.6) is 0 Å². The van der Waals surface area contributed by atoms with Crippen LogP contribution in [-0.2, 0) is 4.79 Å². The maximum absolute atomic E-state index is 11.5. The third-order valence-corrected chi connectivity index (χ3v) is 3.23. The van der Waals surface area contributed by atoms with Gasteiger partial charge in [-0.2, -0.15) is 0 Å². The Balaban J connectivity index is 0.00000225. The molecule has 1 aromatic rings. The first-order chi connectivity index (χ1) is 7.09. The van der Waals surface area contributed by atoms with Gasteiger partial charge in [0.2, 0.25) is 5.91 Å². The molecule has 1 amide bonds. The zero-order chi connectivity index (χ0) is 11.3. The van der Waals surface area contributed by atoms with Crippen LogP contribution in [0, 0.1) is 0 Å². The second kappa shape index (κ2) is 7.65. The van der Waals surface area contributed by atoms with Crippen LogP contribution >= 0.6 is 23.7 Å². The summed E-state index contributed by atoms with van der Waals surface area (Å²) in [5, 5.41) is 4.97. The lowest BCUT2D eigenvalue weighted by atomic mass is 10.2. The van der Waals surface area contributed by atoms with E-state index in [4.69, 9.17) is 5.73 Å². The second-order valence-corrected chi connectivity index (χ2v) is 4.80. The molecule has 1 rings (SSSR count). The molecule has 92 valence electrons. The summed E-state index contributed by atoms with van der Waals surface area (Å²) in [7, 11) is 0. The highest BCUT2D eigenvalue weighted by Gasteiger charge is 2.10. The number of nitrogens with one attached hydrogen (secondary N) is 1. The fourth-order valence-electron chi connectivity index (χ4n) is 1.28. The number of thiophene rings is 1. The Bertz CT molecular complexity index is 301. The van der Waals surface area contributed by atoms with Gasteiger partial charge >= 0.3 is 0 Å². The Kier molecular flexibility index (Phi) is 7.38. The van der Waals surface area contributed by atoms with Crippen molar-refractivity contribution in [3.05, 3.63) is 22.4 Å². The molecule has 0 radical (unpaired) electrons. The first-order valence-corrected chi connectivity index (χ1v) is 6.06. The third-order valence-electron chi connectivity index (χ3n) is 2.17. The predicted octanol–water partition coefficient (Wildman–Crippen LogP) is 2.47. The van der Waals surface area contributed by atoms with Crippen molar-refractivity contribution in [3.8, 4) is 0 Å². The van der Waals surface area contributed by atoms with E-state index >= 15 is 0 Å². The lowest BCUT2D eigenvalue weighted by Gasteiger charge is -2.12. The number of carbonyl (C=O) groups is 1. The van der Waals surface area contributed by atoms with Gasteiger partial charge in [-0.3, -0.25) is 4.79 Å². The van der Waals surface area contributed by atoms with Gasteiger partial charge in [0.25, 0.3) is 0 Å². The van der Waals surface area contributed by atoms with Crippen molar-refractivity contribution >= 4 is 29.7 Å². The van der Waals surface area contributed by atoms with Crippen LogP contribution in [0.15, 0.2) is 17.5 Å². The van der Waals surface area contributed by atoms with Gasteiger partial charge in [0.05, 0.1) is 6.04 Å². The van der Waals surface area contributed by atoms with Gasteiger partial charge in [0.1, 0.15) is 0 Å². The molecular weight excluding hydrogens is 244 g/mol. The van der Waals surface area contributed by atoms with E-state index in [1.54, 1.807) is 11.3 Å². The molecule has 1 aromatic heterocycles. The number of rotatable bonds is 5. The fourth-order valence-corrected chi connectivity index (χ4v) is 2.02. The summed E-state index contributed by atoms with van der Waals surface area (Å²) in [4.78, 5) is 12.7. The van der Waals surface area contributed by atoms with Crippen LogP contribution in [0.2, 0.25) is 0 Å².